The quantitative estimate of drug-likeness (QED) is 0.420. The Labute approximate surface area is 265 Å². The Balaban J connectivity index is 1.44. The van der Waals surface area contributed by atoms with E-state index in [0.29, 0.717) is 31.7 Å². The molecule has 0 spiro atoms. The number of rotatable bonds is 7. The van der Waals surface area contributed by atoms with E-state index in [1.807, 2.05) is 86.0 Å². The Morgan fingerprint density at radius 3 is 2.20 bits per heavy atom. The van der Waals surface area contributed by atoms with Gasteiger partial charge < -0.3 is 24.2 Å². The fourth-order valence-electron chi connectivity index (χ4n) is 6.08. The summed E-state index contributed by atoms with van der Waals surface area (Å²) in [6.45, 7) is 7.05. The fraction of sp³-hybridized carbons (Fsp3) is 0.485. The average Bonchev–Trinajstić information content (AvgIpc) is 3.39. The second-order valence-corrected chi connectivity index (χ2v) is 15.1. The van der Waals surface area contributed by atoms with Crippen LogP contribution in [0.2, 0.25) is 0 Å². The Morgan fingerprint density at radius 1 is 0.978 bits per heavy atom. The maximum atomic E-state index is 14.4. The molecule has 2 amide bonds. The summed E-state index contributed by atoms with van der Waals surface area (Å²) in [5, 5.41) is 11.5. The van der Waals surface area contributed by atoms with Gasteiger partial charge in [-0.05, 0) is 45.6 Å². The Kier molecular flexibility index (Phi) is 9.39. The molecule has 12 heteroatoms. The van der Waals surface area contributed by atoms with Crippen molar-refractivity contribution in [3.63, 3.8) is 0 Å². The van der Waals surface area contributed by atoms with Gasteiger partial charge in [0.15, 0.2) is 5.69 Å². The number of aromatic nitrogens is 2. The third-order valence-electron chi connectivity index (χ3n) is 8.38. The molecule has 5 rings (SSSR count). The van der Waals surface area contributed by atoms with Crippen molar-refractivity contribution in [2.45, 2.75) is 63.8 Å². The lowest BCUT2D eigenvalue weighted by molar-refractivity contribution is -0.0190. The number of aliphatic hydroxyl groups is 1. The second kappa shape index (κ2) is 12.9. The van der Waals surface area contributed by atoms with Gasteiger partial charge >= 0.3 is 6.09 Å². The van der Waals surface area contributed by atoms with Crippen LogP contribution in [0.15, 0.2) is 67.0 Å². The van der Waals surface area contributed by atoms with Crippen molar-refractivity contribution in [1.82, 2.24) is 23.7 Å². The number of piperazine rings is 1. The molecular formula is C33H43N5O6S. The number of piperidine rings is 1. The topological polar surface area (TPSA) is 125 Å². The largest absolute Gasteiger partial charge is 0.444 e. The number of benzene rings is 2. The Bertz CT molecular complexity index is 1600. The molecule has 2 fully saturated rings. The third-order valence-corrected chi connectivity index (χ3v) is 9.69. The smallest absolute Gasteiger partial charge is 0.410 e. The molecule has 0 saturated carbocycles. The van der Waals surface area contributed by atoms with Crippen molar-refractivity contribution >= 4 is 22.0 Å². The van der Waals surface area contributed by atoms with E-state index in [0.717, 1.165) is 11.1 Å². The molecule has 2 saturated heterocycles. The van der Waals surface area contributed by atoms with Crippen LogP contribution in [0.4, 0.5) is 4.79 Å². The first-order valence-corrected chi connectivity index (χ1v) is 17.2. The van der Waals surface area contributed by atoms with Crippen LogP contribution in [-0.2, 0) is 27.7 Å². The zero-order chi connectivity index (χ0) is 32.4. The van der Waals surface area contributed by atoms with Crippen LogP contribution in [-0.4, -0.2) is 105 Å². The van der Waals surface area contributed by atoms with Gasteiger partial charge in [0.1, 0.15) is 5.60 Å². The number of ether oxygens (including phenoxy) is 1. The van der Waals surface area contributed by atoms with E-state index in [1.165, 1.54) is 10.6 Å². The SMILES string of the molecule is CC(C)(C)OC(=O)N1CCN(C(=O)c2ncn(CC3(O)CCN(S(C)(=O)=O)CC3)c2-c2ccccc2)[C@H](Cc2ccccc2)C1. The summed E-state index contributed by atoms with van der Waals surface area (Å²) >= 11 is 0. The molecular weight excluding hydrogens is 594 g/mol. The van der Waals surface area contributed by atoms with Crippen molar-refractivity contribution in [3.05, 3.63) is 78.2 Å². The first kappa shape index (κ1) is 32.6. The maximum Gasteiger partial charge on any atom is 0.410 e. The van der Waals surface area contributed by atoms with Crippen molar-refractivity contribution in [1.29, 1.82) is 0 Å². The van der Waals surface area contributed by atoms with Crippen molar-refractivity contribution in [2.75, 3.05) is 39.0 Å². The highest BCUT2D eigenvalue weighted by Gasteiger charge is 2.39. The summed E-state index contributed by atoms with van der Waals surface area (Å²) in [5.74, 6) is -0.253. The summed E-state index contributed by atoms with van der Waals surface area (Å²) < 4.78 is 32.9. The summed E-state index contributed by atoms with van der Waals surface area (Å²) in [5.41, 5.74) is 0.878. The molecule has 1 aromatic heterocycles. The highest BCUT2D eigenvalue weighted by molar-refractivity contribution is 7.88. The monoisotopic (exact) mass is 637 g/mol. The predicted molar refractivity (Wildman–Crippen MR) is 171 cm³/mol. The zero-order valence-electron chi connectivity index (χ0n) is 26.4. The molecule has 3 aromatic rings. The first-order valence-electron chi connectivity index (χ1n) is 15.3. The number of carbonyl (C=O) groups is 2. The molecule has 2 aliphatic heterocycles. The zero-order valence-corrected chi connectivity index (χ0v) is 27.2. The van der Waals surface area contributed by atoms with Gasteiger partial charge in [0.25, 0.3) is 5.91 Å². The van der Waals surface area contributed by atoms with Crippen LogP contribution in [0.5, 0.6) is 0 Å². The molecule has 0 unspecified atom stereocenters. The van der Waals surface area contributed by atoms with E-state index < -0.39 is 27.3 Å². The van der Waals surface area contributed by atoms with Gasteiger partial charge in [-0.2, -0.15) is 0 Å². The van der Waals surface area contributed by atoms with E-state index in [9.17, 15) is 23.1 Å². The van der Waals surface area contributed by atoms with Gasteiger partial charge in [0.2, 0.25) is 10.0 Å². The van der Waals surface area contributed by atoms with Crippen LogP contribution in [0.1, 0.15) is 49.7 Å². The van der Waals surface area contributed by atoms with E-state index in [-0.39, 0.29) is 50.1 Å². The Hall–Kier alpha value is -3.74. The van der Waals surface area contributed by atoms with Gasteiger partial charge in [0, 0.05) is 38.3 Å². The molecule has 1 N–H and O–H groups in total. The molecule has 0 bridgehead atoms. The number of amides is 2. The Morgan fingerprint density at radius 2 is 1.60 bits per heavy atom. The second-order valence-electron chi connectivity index (χ2n) is 13.1. The summed E-state index contributed by atoms with van der Waals surface area (Å²) in [7, 11) is -3.35. The molecule has 45 heavy (non-hydrogen) atoms. The lowest BCUT2D eigenvalue weighted by Crippen LogP contribution is -2.58. The van der Waals surface area contributed by atoms with Crippen LogP contribution in [0, 0.1) is 0 Å². The van der Waals surface area contributed by atoms with Gasteiger partial charge in [-0.15, -0.1) is 0 Å². The van der Waals surface area contributed by atoms with E-state index in [4.69, 9.17) is 4.74 Å². The predicted octanol–water partition coefficient (Wildman–Crippen LogP) is 3.64. The average molecular weight is 638 g/mol. The number of hydrogen-bond donors (Lipinski definition) is 1. The maximum absolute atomic E-state index is 14.4. The van der Waals surface area contributed by atoms with Crippen LogP contribution < -0.4 is 0 Å². The van der Waals surface area contributed by atoms with Crippen molar-refractivity contribution < 1.29 is 27.9 Å². The van der Waals surface area contributed by atoms with Crippen LogP contribution in [0.3, 0.4) is 0 Å². The number of nitrogens with zero attached hydrogens (tertiary/aromatic N) is 5. The number of imidazole rings is 1. The molecule has 3 heterocycles. The lowest BCUT2D eigenvalue weighted by Gasteiger charge is -2.41. The minimum atomic E-state index is -3.35. The van der Waals surface area contributed by atoms with Gasteiger partial charge in [0.05, 0.1) is 36.5 Å². The number of sulfonamides is 1. The van der Waals surface area contributed by atoms with Gasteiger partial charge in [-0.25, -0.2) is 22.5 Å². The summed E-state index contributed by atoms with van der Waals surface area (Å²) in [6.07, 6.45) is 3.43. The highest BCUT2D eigenvalue weighted by Crippen LogP contribution is 2.31. The van der Waals surface area contributed by atoms with Gasteiger partial charge in [-0.1, -0.05) is 60.7 Å². The fourth-order valence-corrected chi connectivity index (χ4v) is 6.92. The third kappa shape index (κ3) is 7.92. The normalized spacial score (nSPS) is 19.4. The first-order chi connectivity index (χ1) is 21.2. The van der Waals surface area contributed by atoms with E-state index in [1.54, 1.807) is 16.1 Å². The lowest BCUT2D eigenvalue weighted by atomic mass is 9.92. The van der Waals surface area contributed by atoms with E-state index >= 15 is 0 Å². The van der Waals surface area contributed by atoms with Crippen LogP contribution in [0.25, 0.3) is 11.3 Å². The molecule has 2 aromatic carbocycles. The minimum absolute atomic E-state index is 0.162. The van der Waals surface area contributed by atoms with Crippen molar-refractivity contribution in [3.8, 4) is 11.3 Å². The molecule has 1 atom stereocenters. The number of hydrogen-bond acceptors (Lipinski definition) is 7. The highest BCUT2D eigenvalue weighted by atomic mass is 32.2. The molecule has 11 nitrogen and oxygen atoms in total. The molecule has 0 aliphatic carbocycles. The van der Waals surface area contributed by atoms with Crippen molar-refractivity contribution in [2.24, 2.45) is 0 Å². The standard InChI is InChI=1S/C33H43N5O6S/c1-32(2,3)44-31(40)35-19-20-38(27(22-35)21-25-11-7-5-8-12-25)30(39)28-29(26-13-9-6-10-14-26)36(24-34-28)23-33(41)15-17-37(18-16-33)45(4,42)43/h5-14,24,27,41H,15-23H2,1-4H3/t27-/m1/s1. The number of carbonyl (C=O) groups excluding carboxylic acids is 2. The molecule has 0 radical (unpaired) electrons. The van der Waals surface area contributed by atoms with E-state index in [2.05, 4.69) is 4.98 Å². The summed E-state index contributed by atoms with van der Waals surface area (Å²) in [4.78, 5) is 35.5. The minimum Gasteiger partial charge on any atom is -0.444 e. The molecule has 242 valence electrons. The van der Waals surface area contributed by atoms with Crippen LogP contribution >= 0.6 is 0 Å². The summed E-state index contributed by atoms with van der Waals surface area (Å²) in [6, 6.07) is 19.0. The van der Waals surface area contributed by atoms with Gasteiger partial charge in [-0.3, -0.25) is 4.79 Å². The molecule has 2 aliphatic rings.